The second-order valence-corrected chi connectivity index (χ2v) is 7.43. The first kappa shape index (κ1) is 18.5. The van der Waals surface area contributed by atoms with Gasteiger partial charge >= 0.3 is 0 Å². The Morgan fingerprint density at radius 2 is 1.79 bits per heavy atom. The number of nitrogens with zero attached hydrogens (tertiary/aromatic N) is 2. The van der Waals surface area contributed by atoms with Crippen LogP contribution in [0.25, 0.3) is 11.4 Å². The molecule has 0 bridgehead atoms. The second kappa shape index (κ2) is 8.46. The van der Waals surface area contributed by atoms with Crippen molar-refractivity contribution in [2.75, 3.05) is 7.11 Å². The molecule has 146 valence electrons. The van der Waals surface area contributed by atoms with Crippen molar-refractivity contribution < 1.29 is 14.0 Å². The van der Waals surface area contributed by atoms with Gasteiger partial charge in [0.15, 0.2) is 11.5 Å². The number of aromatic nitrogens is 2. The molecular weight excluding hydrogens is 352 g/mol. The number of methoxy groups -OCH3 is 1. The maximum Gasteiger partial charge on any atom is 0.230 e. The third kappa shape index (κ3) is 4.19. The minimum atomic E-state index is 0.397. The molecule has 0 aliphatic heterocycles. The highest BCUT2D eigenvalue weighted by atomic mass is 16.5. The van der Waals surface area contributed by atoms with E-state index in [9.17, 15) is 0 Å². The monoisotopic (exact) mass is 378 g/mol. The zero-order chi connectivity index (χ0) is 19.3. The van der Waals surface area contributed by atoms with E-state index in [1.807, 2.05) is 18.2 Å². The molecule has 0 radical (unpaired) electrons. The summed E-state index contributed by atoms with van der Waals surface area (Å²) in [7, 11) is 1.64. The highest BCUT2D eigenvalue weighted by Crippen LogP contribution is 2.35. The van der Waals surface area contributed by atoms with Crippen LogP contribution >= 0.6 is 0 Å². The maximum atomic E-state index is 5.96. The molecule has 0 spiro atoms. The molecule has 1 aromatic heterocycles. The van der Waals surface area contributed by atoms with E-state index >= 15 is 0 Å². The van der Waals surface area contributed by atoms with Crippen molar-refractivity contribution in [3.05, 3.63) is 59.5 Å². The van der Waals surface area contributed by atoms with Crippen LogP contribution in [0.2, 0.25) is 0 Å². The van der Waals surface area contributed by atoms with Crippen molar-refractivity contribution in [1.29, 1.82) is 0 Å². The van der Waals surface area contributed by atoms with Crippen LogP contribution in [0.5, 0.6) is 11.5 Å². The van der Waals surface area contributed by atoms with Crippen LogP contribution in [0, 0.1) is 6.92 Å². The van der Waals surface area contributed by atoms with Gasteiger partial charge < -0.3 is 14.0 Å². The normalized spacial score (nSPS) is 14.8. The van der Waals surface area contributed by atoms with Crippen molar-refractivity contribution in [3.63, 3.8) is 0 Å². The molecule has 0 unspecified atom stereocenters. The van der Waals surface area contributed by atoms with Gasteiger partial charge in [-0.1, -0.05) is 54.2 Å². The first-order chi connectivity index (χ1) is 13.7. The molecule has 5 nitrogen and oxygen atoms in total. The second-order valence-electron chi connectivity index (χ2n) is 7.43. The van der Waals surface area contributed by atoms with E-state index in [2.05, 4.69) is 41.3 Å². The van der Waals surface area contributed by atoms with Gasteiger partial charge in [-0.2, -0.15) is 4.98 Å². The highest BCUT2D eigenvalue weighted by molar-refractivity contribution is 5.60. The summed E-state index contributed by atoms with van der Waals surface area (Å²) in [5.74, 6) is 3.11. The van der Waals surface area contributed by atoms with Crippen LogP contribution in [0.1, 0.15) is 55.0 Å². The summed E-state index contributed by atoms with van der Waals surface area (Å²) >= 11 is 0. The molecule has 2 aromatic carbocycles. The van der Waals surface area contributed by atoms with E-state index in [1.54, 1.807) is 7.11 Å². The van der Waals surface area contributed by atoms with Gasteiger partial charge in [-0.15, -0.1) is 0 Å². The Hall–Kier alpha value is -2.82. The van der Waals surface area contributed by atoms with Gasteiger partial charge in [-0.05, 0) is 43.5 Å². The van der Waals surface area contributed by atoms with E-state index in [-0.39, 0.29) is 0 Å². The van der Waals surface area contributed by atoms with Gasteiger partial charge in [0, 0.05) is 11.5 Å². The average Bonchev–Trinajstić information content (AvgIpc) is 3.24. The van der Waals surface area contributed by atoms with E-state index in [0.29, 0.717) is 29.8 Å². The Morgan fingerprint density at radius 3 is 2.54 bits per heavy atom. The first-order valence-electron chi connectivity index (χ1n) is 9.93. The summed E-state index contributed by atoms with van der Waals surface area (Å²) in [5.41, 5.74) is 3.22. The number of rotatable bonds is 6. The average molecular weight is 378 g/mol. The first-order valence-corrected chi connectivity index (χ1v) is 9.93. The van der Waals surface area contributed by atoms with Crippen LogP contribution in [-0.2, 0) is 6.61 Å². The van der Waals surface area contributed by atoms with Crippen LogP contribution in [0.4, 0.5) is 0 Å². The molecule has 1 aliphatic carbocycles. The molecule has 0 saturated heterocycles. The lowest BCUT2D eigenvalue weighted by atomic mass is 9.89. The summed E-state index contributed by atoms with van der Waals surface area (Å²) in [5, 5.41) is 4.19. The van der Waals surface area contributed by atoms with Gasteiger partial charge in [0.05, 0.1) is 7.11 Å². The number of benzene rings is 2. The fourth-order valence-electron chi connectivity index (χ4n) is 3.64. The molecule has 1 fully saturated rings. The molecule has 4 rings (SSSR count). The van der Waals surface area contributed by atoms with Gasteiger partial charge in [-0.25, -0.2) is 0 Å². The predicted molar refractivity (Wildman–Crippen MR) is 108 cm³/mol. The molecule has 1 aliphatic rings. The fraction of sp³-hybridized carbons (Fsp3) is 0.391. The summed E-state index contributed by atoms with van der Waals surface area (Å²) in [4.78, 5) is 4.64. The lowest BCUT2D eigenvalue weighted by Gasteiger charge is -2.17. The van der Waals surface area contributed by atoms with Crippen molar-refractivity contribution in [3.8, 4) is 22.9 Å². The van der Waals surface area contributed by atoms with Crippen molar-refractivity contribution in [1.82, 2.24) is 10.1 Å². The Balaban J connectivity index is 1.48. The smallest absolute Gasteiger partial charge is 0.230 e. The number of hydrogen-bond acceptors (Lipinski definition) is 5. The minimum absolute atomic E-state index is 0.397. The lowest BCUT2D eigenvalue weighted by molar-refractivity contribution is 0.284. The Bertz CT molecular complexity index is 912. The maximum absolute atomic E-state index is 5.96. The Kier molecular flexibility index (Phi) is 5.60. The van der Waals surface area contributed by atoms with Crippen LogP contribution < -0.4 is 9.47 Å². The third-order valence-corrected chi connectivity index (χ3v) is 5.33. The molecule has 5 heteroatoms. The summed E-state index contributed by atoms with van der Waals surface area (Å²) < 4.78 is 17.0. The van der Waals surface area contributed by atoms with Gasteiger partial charge in [0.2, 0.25) is 11.7 Å². The molecule has 1 saturated carbocycles. The Labute approximate surface area is 165 Å². The van der Waals surface area contributed by atoms with Crippen molar-refractivity contribution >= 4 is 0 Å². The van der Waals surface area contributed by atoms with E-state index in [1.165, 1.54) is 24.8 Å². The quantitative estimate of drug-likeness (QED) is 0.552. The SMILES string of the molecule is COc1cc(-c2noc(C3CCCCC3)n2)ccc1OCc1ccc(C)cc1. The van der Waals surface area contributed by atoms with Crippen molar-refractivity contribution in [2.45, 2.75) is 51.6 Å². The number of aryl methyl sites for hydroxylation is 1. The summed E-state index contributed by atoms with van der Waals surface area (Å²) in [6.07, 6.45) is 6.05. The van der Waals surface area contributed by atoms with E-state index < -0.39 is 0 Å². The molecule has 0 N–H and O–H groups in total. The summed E-state index contributed by atoms with van der Waals surface area (Å²) in [6.45, 7) is 2.56. The van der Waals surface area contributed by atoms with E-state index in [0.717, 1.165) is 29.9 Å². The third-order valence-electron chi connectivity index (χ3n) is 5.33. The molecular formula is C23H26N2O3. The topological polar surface area (TPSA) is 57.4 Å². The van der Waals surface area contributed by atoms with Crippen LogP contribution in [-0.4, -0.2) is 17.3 Å². The predicted octanol–water partition coefficient (Wildman–Crippen LogP) is 5.68. The molecule has 0 atom stereocenters. The highest BCUT2D eigenvalue weighted by Gasteiger charge is 2.22. The molecule has 1 heterocycles. The Morgan fingerprint density at radius 1 is 1.00 bits per heavy atom. The van der Waals surface area contributed by atoms with Gasteiger partial charge in [0.1, 0.15) is 6.61 Å². The zero-order valence-electron chi connectivity index (χ0n) is 16.5. The standard InChI is InChI=1S/C23H26N2O3/c1-16-8-10-17(11-9-16)15-27-20-13-12-19(14-21(20)26-2)22-24-23(28-25-22)18-6-4-3-5-7-18/h8-14,18H,3-7,15H2,1-2H3. The number of hydrogen-bond donors (Lipinski definition) is 0. The molecule has 0 amide bonds. The molecule has 28 heavy (non-hydrogen) atoms. The zero-order valence-corrected chi connectivity index (χ0v) is 16.5. The van der Waals surface area contributed by atoms with Crippen LogP contribution in [0.15, 0.2) is 47.0 Å². The fourth-order valence-corrected chi connectivity index (χ4v) is 3.64. The van der Waals surface area contributed by atoms with Crippen molar-refractivity contribution in [2.24, 2.45) is 0 Å². The van der Waals surface area contributed by atoms with Crippen LogP contribution in [0.3, 0.4) is 0 Å². The van der Waals surface area contributed by atoms with E-state index in [4.69, 9.17) is 14.0 Å². The van der Waals surface area contributed by atoms with Gasteiger partial charge in [-0.3, -0.25) is 0 Å². The number of ether oxygens (including phenoxy) is 2. The minimum Gasteiger partial charge on any atom is -0.493 e. The van der Waals surface area contributed by atoms with Gasteiger partial charge in [0.25, 0.3) is 0 Å². The lowest BCUT2D eigenvalue weighted by Crippen LogP contribution is -2.04. The summed E-state index contributed by atoms with van der Waals surface area (Å²) in [6, 6.07) is 14.1. The largest absolute Gasteiger partial charge is 0.493 e. The molecule has 3 aromatic rings.